The van der Waals surface area contributed by atoms with Crippen molar-refractivity contribution in [3.05, 3.63) is 24.3 Å². The van der Waals surface area contributed by atoms with Gasteiger partial charge in [-0.25, -0.2) is 15.6 Å². The zero-order valence-electron chi connectivity index (χ0n) is 10.3. The summed E-state index contributed by atoms with van der Waals surface area (Å²) in [6.07, 6.45) is 0.864. The molecule has 0 radical (unpaired) electrons. The molecule has 1 heterocycles. The molecule has 98 valence electrons. The third-order valence-corrected chi connectivity index (χ3v) is 2.74. The summed E-state index contributed by atoms with van der Waals surface area (Å²) in [5.41, 5.74) is 0.531. The third-order valence-electron chi connectivity index (χ3n) is 2.74. The molecule has 0 aliphatic carbocycles. The van der Waals surface area contributed by atoms with Gasteiger partial charge < -0.3 is 14.8 Å². The molecule has 2 amide bonds. The number of hydrazine groups is 1. The highest BCUT2D eigenvalue weighted by Crippen LogP contribution is 2.28. The molecular formula is C12H17N3O3. The molecular weight excluding hydrogens is 234 g/mol. The SMILES string of the molecule is CNC(=O)N(N)c1ccccc1O[C@H]1CCOC1. The maximum absolute atomic E-state index is 11.5. The van der Waals surface area contributed by atoms with Gasteiger partial charge in [0, 0.05) is 13.5 Å². The van der Waals surface area contributed by atoms with Crippen molar-refractivity contribution in [3.8, 4) is 5.75 Å². The summed E-state index contributed by atoms with van der Waals surface area (Å²) >= 11 is 0. The third kappa shape index (κ3) is 2.72. The van der Waals surface area contributed by atoms with Gasteiger partial charge >= 0.3 is 6.03 Å². The fourth-order valence-corrected chi connectivity index (χ4v) is 1.77. The number of nitrogens with one attached hydrogen (secondary N) is 1. The number of ether oxygens (including phenoxy) is 2. The number of para-hydroxylation sites is 2. The second-order valence-corrected chi connectivity index (χ2v) is 4.00. The molecule has 1 atom stereocenters. The first-order valence-corrected chi connectivity index (χ1v) is 5.82. The predicted octanol–water partition coefficient (Wildman–Crippen LogP) is 0.874. The van der Waals surface area contributed by atoms with Crippen LogP contribution in [-0.4, -0.2) is 32.4 Å². The number of urea groups is 1. The lowest BCUT2D eigenvalue weighted by Gasteiger charge is -2.21. The zero-order chi connectivity index (χ0) is 13.0. The first-order chi connectivity index (χ1) is 8.72. The summed E-state index contributed by atoms with van der Waals surface area (Å²) in [5.74, 6) is 6.32. The Morgan fingerprint density at radius 2 is 2.33 bits per heavy atom. The highest BCUT2D eigenvalue weighted by molar-refractivity contribution is 5.92. The number of amides is 2. The average molecular weight is 251 g/mol. The highest BCUT2D eigenvalue weighted by Gasteiger charge is 2.21. The molecule has 1 saturated heterocycles. The normalized spacial score (nSPS) is 18.4. The number of carbonyl (C=O) groups excluding carboxylic acids is 1. The average Bonchev–Trinajstić information content (AvgIpc) is 2.90. The van der Waals surface area contributed by atoms with Crippen LogP contribution in [0.4, 0.5) is 10.5 Å². The Bertz CT molecular complexity index is 419. The molecule has 1 aromatic rings. The maximum atomic E-state index is 11.5. The van der Waals surface area contributed by atoms with Gasteiger partial charge in [0.1, 0.15) is 17.5 Å². The molecule has 0 aromatic heterocycles. The number of anilines is 1. The van der Waals surface area contributed by atoms with E-state index in [1.54, 1.807) is 18.2 Å². The van der Waals surface area contributed by atoms with Crippen LogP contribution >= 0.6 is 0 Å². The molecule has 0 bridgehead atoms. The monoisotopic (exact) mass is 251 g/mol. The quantitative estimate of drug-likeness (QED) is 0.475. The molecule has 0 saturated carbocycles. The van der Waals surface area contributed by atoms with Gasteiger partial charge in [0.05, 0.1) is 13.2 Å². The number of nitrogens with zero attached hydrogens (tertiary/aromatic N) is 1. The van der Waals surface area contributed by atoms with Crippen molar-refractivity contribution >= 4 is 11.7 Å². The molecule has 0 spiro atoms. The van der Waals surface area contributed by atoms with Crippen molar-refractivity contribution < 1.29 is 14.3 Å². The molecule has 1 fully saturated rings. The van der Waals surface area contributed by atoms with Crippen LogP contribution in [0.15, 0.2) is 24.3 Å². The van der Waals surface area contributed by atoms with E-state index >= 15 is 0 Å². The number of nitrogens with two attached hydrogens (primary N) is 1. The van der Waals surface area contributed by atoms with Crippen molar-refractivity contribution in [2.24, 2.45) is 5.84 Å². The second-order valence-electron chi connectivity index (χ2n) is 4.00. The molecule has 3 N–H and O–H groups in total. The Morgan fingerprint density at radius 3 is 3.00 bits per heavy atom. The Hall–Kier alpha value is -1.79. The van der Waals surface area contributed by atoms with Crippen molar-refractivity contribution in [2.75, 3.05) is 25.3 Å². The summed E-state index contributed by atoms with van der Waals surface area (Å²) in [4.78, 5) is 11.5. The van der Waals surface area contributed by atoms with Crippen LogP contribution in [0.5, 0.6) is 5.75 Å². The summed E-state index contributed by atoms with van der Waals surface area (Å²) in [7, 11) is 1.52. The molecule has 6 heteroatoms. The Labute approximate surface area is 106 Å². The fraction of sp³-hybridized carbons (Fsp3) is 0.417. The van der Waals surface area contributed by atoms with Crippen LogP contribution in [-0.2, 0) is 4.74 Å². The predicted molar refractivity (Wildman–Crippen MR) is 67.4 cm³/mol. The molecule has 6 nitrogen and oxygen atoms in total. The standard InChI is InChI=1S/C12H17N3O3/c1-14-12(16)15(13)10-4-2-3-5-11(10)18-9-6-7-17-8-9/h2-5,9H,6-8,13H2,1H3,(H,14,16)/t9-/m0/s1. The molecule has 18 heavy (non-hydrogen) atoms. The van der Waals surface area contributed by atoms with Crippen LogP contribution in [0.3, 0.4) is 0 Å². The number of hydrogen-bond donors (Lipinski definition) is 2. The second kappa shape index (κ2) is 5.70. The lowest BCUT2D eigenvalue weighted by atomic mass is 10.2. The molecule has 2 rings (SSSR count). The Balaban J connectivity index is 2.16. The number of benzene rings is 1. The lowest BCUT2D eigenvalue weighted by Crippen LogP contribution is -2.43. The largest absolute Gasteiger partial charge is 0.486 e. The minimum Gasteiger partial charge on any atom is -0.486 e. The van der Waals surface area contributed by atoms with Gasteiger partial charge in [-0.15, -0.1) is 0 Å². The van der Waals surface area contributed by atoms with Gasteiger partial charge in [-0.2, -0.15) is 0 Å². The topological polar surface area (TPSA) is 76.8 Å². The van der Waals surface area contributed by atoms with Crippen LogP contribution in [0.25, 0.3) is 0 Å². The van der Waals surface area contributed by atoms with E-state index in [1.807, 2.05) is 6.07 Å². The van der Waals surface area contributed by atoms with Gasteiger partial charge in [-0.3, -0.25) is 0 Å². The Morgan fingerprint density at radius 1 is 1.56 bits per heavy atom. The minimum absolute atomic E-state index is 0.0178. The summed E-state index contributed by atoms with van der Waals surface area (Å²) in [6, 6.07) is 6.77. The van der Waals surface area contributed by atoms with Crippen molar-refractivity contribution in [2.45, 2.75) is 12.5 Å². The number of carbonyl (C=O) groups is 1. The van der Waals surface area contributed by atoms with Crippen molar-refractivity contribution in [1.29, 1.82) is 0 Å². The van der Waals surface area contributed by atoms with E-state index in [1.165, 1.54) is 7.05 Å². The van der Waals surface area contributed by atoms with Crippen molar-refractivity contribution in [1.82, 2.24) is 5.32 Å². The van der Waals surface area contributed by atoms with Crippen LogP contribution in [0.1, 0.15) is 6.42 Å². The van der Waals surface area contributed by atoms with E-state index < -0.39 is 6.03 Å². The smallest absolute Gasteiger partial charge is 0.336 e. The van der Waals surface area contributed by atoms with E-state index in [0.717, 1.165) is 11.4 Å². The van der Waals surface area contributed by atoms with E-state index in [0.29, 0.717) is 24.7 Å². The van der Waals surface area contributed by atoms with Gasteiger partial charge in [-0.1, -0.05) is 12.1 Å². The zero-order valence-corrected chi connectivity index (χ0v) is 10.3. The van der Waals surface area contributed by atoms with Gasteiger partial charge in [0.15, 0.2) is 0 Å². The molecule has 1 aliphatic rings. The molecule has 0 unspecified atom stereocenters. The fourth-order valence-electron chi connectivity index (χ4n) is 1.77. The van der Waals surface area contributed by atoms with Gasteiger partial charge in [-0.05, 0) is 12.1 Å². The van der Waals surface area contributed by atoms with E-state index in [2.05, 4.69) is 5.32 Å². The minimum atomic E-state index is -0.395. The molecule has 1 aromatic carbocycles. The molecule has 1 aliphatic heterocycles. The first-order valence-electron chi connectivity index (χ1n) is 5.82. The van der Waals surface area contributed by atoms with Gasteiger partial charge in [0.2, 0.25) is 0 Å². The summed E-state index contributed by atoms with van der Waals surface area (Å²) < 4.78 is 11.0. The summed E-state index contributed by atoms with van der Waals surface area (Å²) in [6.45, 7) is 1.27. The van der Waals surface area contributed by atoms with Crippen LogP contribution in [0.2, 0.25) is 0 Å². The lowest BCUT2D eigenvalue weighted by molar-refractivity contribution is 0.141. The van der Waals surface area contributed by atoms with Crippen molar-refractivity contribution in [3.63, 3.8) is 0 Å². The van der Waals surface area contributed by atoms with Gasteiger partial charge in [0.25, 0.3) is 0 Å². The van der Waals surface area contributed by atoms with E-state index in [9.17, 15) is 4.79 Å². The summed E-state index contributed by atoms with van der Waals surface area (Å²) in [5, 5.41) is 3.50. The van der Waals surface area contributed by atoms with E-state index in [-0.39, 0.29) is 6.10 Å². The first kappa shape index (κ1) is 12.7. The van der Waals surface area contributed by atoms with Crippen LogP contribution in [0, 0.1) is 0 Å². The maximum Gasteiger partial charge on any atom is 0.336 e. The highest BCUT2D eigenvalue weighted by atomic mass is 16.5. The van der Waals surface area contributed by atoms with Crippen LogP contribution < -0.4 is 20.9 Å². The number of rotatable bonds is 3. The Kier molecular flexibility index (Phi) is 4.01. The number of hydrogen-bond acceptors (Lipinski definition) is 4. The van der Waals surface area contributed by atoms with E-state index in [4.69, 9.17) is 15.3 Å².